The summed E-state index contributed by atoms with van der Waals surface area (Å²) in [5, 5.41) is 4.16. The first kappa shape index (κ1) is 19.5. The molecule has 0 aliphatic carbocycles. The molecule has 0 bridgehead atoms. The average molecular weight is 391 g/mol. The molecule has 146 valence electrons. The van der Waals surface area contributed by atoms with Crippen LogP contribution >= 0.6 is 0 Å². The van der Waals surface area contributed by atoms with Gasteiger partial charge in [-0.25, -0.2) is 4.79 Å². The van der Waals surface area contributed by atoms with Gasteiger partial charge in [0, 0.05) is 6.20 Å². The van der Waals surface area contributed by atoms with Crippen LogP contribution in [0, 0.1) is 6.92 Å². The Morgan fingerprint density at radius 2 is 1.96 bits per heavy atom. The Bertz CT molecular complexity index is 1090. The third kappa shape index (κ3) is 3.23. The van der Waals surface area contributed by atoms with Crippen molar-refractivity contribution >= 4 is 22.9 Å². The van der Waals surface area contributed by atoms with Crippen molar-refractivity contribution in [3.8, 4) is 0 Å². The predicted molar refractivity (Wildman–Crippen MR) is 94.2 cm³/mol. The summed E-state index contributed by atoms with van der Waals surface area (Å²) in [6, 6.07) is 4.85. The van der Waals surface area contributed by atoms with E-state index in [2.05, 4.69) is 14.8 Å². The van der Waals surface area contributed by atoms with Gasteiger partial charge in [-0.05, 0) is 31.0 Å². The minimum absolute atomic E-state index is 0.0624. The summed E-state index contributed by atoms with van der Waals surface area (Å²) in [5.41, 5.74) is -0.401. The highest BCUT2D eigenvalue weighted by molar-refractivity contribution is 6.04. The summed E-state index contributed by atoms with van der Waals surface area (Å²) in [5.74, 6) is -1.63. The van der Waals surface area contributed by atoms with Crippen LogP contribution in [-0.2, 0) is 17.3 Å². The molecule has 2 heterocycles. The molecule has 0 atom stereocenters. The number of aromatic nitrogens is 3. The second-order valence-electron chi connectivity index (χ2n) is 6.10. The van der Waals surface area contributed by atoms with Gasteiger partial charge >= 0.3 is 12.1 Å². The van der Waals surface area contributed by atoms with Crippen LogP contribution in [0.15, 0.2) is 30.5 Å². The molecular weight excluding hydrogens is 375 g/mol. The lowest BCUT2D eigenvalue weighted by molar-refractivity contribution is -0.138. The zero-order valence-corrected chi connectivity index (χ0v) is 15.3. The van der Waals surface area contributed by atoms with E-state index in [9.17, 15) is 22.8 Å². The molecule has 0 aliphatic heterocycles. The van der Waals surface area contributed by atoms with Crippen LogP contribution < -0.4 is 0 Å². The van der Waals surface area contributed by atoms with Crippen molar-refractivity contribution in [1.29, 1.82) is 0 Å². The van der Waals surface area contributed by atoms with Crippen LogP contribution in [0.25, 0.3) is 11.0 Å². The van der Waals surface area contributed by atoms with Crippen LogP contribution in [0.5, 0.6) is 0 Å². The van der Waals surface area contributed by atoms with Crippen molar-refractivity contribution in [3.05, 3.63) is 58.4 Å². The fourth-order valence-corrected chi connectivity index (χ4v) is 2.98. The summed E-state index contributed by atoms with van der Waals surface area (Å²) in [6.07, 6.45) is -3.02. The number of aryl methyl sites for hydroxylation is 2. The molecule has 2 aromatic heterocycles. The Morgan fingerprint density at radius 1 is 1.25 bits per heavy atom. The molecule has 3 aromatic rings. The summed E-state index contributed by atoms with van der Waals surface area (Å²) in [6.45, 7) is 3.20. The standard InChI is InChI=1S/C19H16F3N3O3/c1-4-13-16-14(8-11(9-23-16)18(27)28-3)25(24-13)17(26)15-10(2)6-5-7-12(15)19(20,21)22/h5-9H,4H2,1-3H3. The van der Waals surface area contributed by atoms with Crippen molar-refractivity contribution in [1.82, 2.24) is 14.8 Å². The SMILES string of the molecule is CCc1nn(C(=O)c2c(C)cccc2C(F)(F)F)c2cc(C(=O)OC)cnc12. The van der Waals surface area contributed by atoms with Gasteiger partial charge in [0.1, 0.15) is 5.52 Å². The first-order valence-corrected chi connectivity index (χ1v) is 8.36. The maximum absolute atomic E-state index is 13.5. The number of carbonyl (C=O) groups excluding carboxylic acids is 2. The van der Waals surface area contributed by atoms with E-state index in [0.717, 1.165) is 10.7 Å². The summed E-state index contributed by atoms with van der Waals surface area (Å²) in [7, 11) is 1.19. The number of hydrogen-bond donors (Lipinski definition) is 0. The third-order valence-corrected chi connectivity index (χ3v) is 4.33. The number of benzene rings is 1. The van der Waals surface area contributed by atoms with Gasteiger partial charge in [0.25, 0.3) is 5.91 Å². The van der Waals surface area contributed by atoms with E-state index in [1.165, 1.54) is 38.4 Å². The predicted octanol–water partition coefficient (Wildman–Crippen LogP) is 3.80. The molecule has 0 fully saturated rings. The monoisotopic (exact) mass is 391 g/mol. The van der Waals surface area contributed by atoms with Crippen molar-refractivity contribution in [2.75, 3.05) is 7.11 Å². The van der Waals surface area contributed by atoms with E-state index >= 15 is 0 Å². The number of esters is 1. The van der Waals surface area contributed by atoms with E-state index in [-0.39, 0.29) is 16.6 Å². The number of ether oxygens (including phenoxy) is 1. The minimum Gasteiger partial charge on any atom is -0.465 e. The Hall–Kier alpha value is -3.23. The number of rotatable bonds is 3. The zero-order valence-electron chi connectivity index (χ0n) is 15.3. The van der Waals surface area contributed by atoms with E-state index in [1.807, 2.05) is 0 Å². The lowest BCUT2D eigenvalue weighted by Gasteiger charge is -2.14. The topological polar surface area (TPSA) is 74.1 Å². The zero-order chi connectivity index (χ0) is 20.6. The molecule has 0 spiro atoms. The van der Waals surface area contributed by atoms with E-state index in [1.54, 1.807) is 6.92 Å². The van der Waals surface area contributed by atoms with Crippen molar-refractivity contribution in [2.45, 2.75) is 26.4 Å². The largest absolute Gasteiger partial charge is 0.465 e. The molecule has 0 radical (unpaired) electrons. The number of hydrogen-bond acceptors (Lipinski definition) is 5. The minimum atomic E-state index is -4.71. The molecule has 0 aliphatic rings. The molecule has 0 saturated carbocycles. The highest BCUT2D eigenvalue weighted by Crippen LogP contribution is 2.34. The number of pyridine rings is 1. The Morgan fingerprint density at radius 3 is 2.57 bits per heavy atom. The van der Waals surface area contributed by atoms with Crippen LogP contribution in [0.1, 0.15) is 44.5 Å². The van der Waals surface area contributed by atoms with Crippen LogP contribution in [0.2, 0.25) is 0 Å². The van der Waals surface area contributed by atoms with Gasteiger partial charge in [-0.1, -0.05) is 19.1 Å². The van der Waals surface area contributed by atoms with Crippen LogP contribution in [0.3, 0.4) is 0 Å². The van der Waals surface area contributed by atoms with Gasteiger partial charge < -0.3 is 4.74 Å². The van der Waals surface area contributed by atoms with Gasteiger partial charge in [0.2, 0.25) is 0 Å². The van der Waals surface area contributed by atoms with Gasteiger partial charge in [-0.2, -0.15) is 23.0 Å². The lowest BCUT2D eigenvalue weighted by atomic mass is 10.0. The highest BCUT2D eigenvalue weighted by atomic mass is 19.4. The number of fused-ring (bicyclic) bond motifs is 1. The number of carbonyl (C=O) groups is 2. The quantitative estimate of drug-likeness (QED) is 0.635. The molecule has 6 nitrogen and oxygen atoms in total. The number of nitrogens with zero attached hydrogens (tertiary/aromatic N) is 3. The normalized spacial score (nSPS) is 11.6. The molecule has 0 unspecified atom stereocenters. The average Bonchev–Trinajstić information content (AvgIpc) is 3.03. The van der Waals surface area contributed by atoms with Crippen molar-refractivity contribution < 1.29 is 27.5 Å². The van der Waals surface area contributed by atoms with Crippen LogP contribution in [-0.4, -0.2) is 33.8 Å². The number of methoxy groups -OCH3 is 1. The first-order valence-electron chi connectivity index (χ1n) is 8.36. The molecule has 0 saturated heterocycles. The fraction of sp³-hybridized carbons (Fsp3) is 0.263. The molecule has 3 rings (SSSR count). The number of halogens is 3. The van der Waals surface area contributed by atoms with Crippen LogP contribution in [0.4, 0.5) is 13.2 Å². The van der Waals surface area contributed by atoms with E-state index < -0.39 is 29.2 Å². The summed E-state index contributed by atoms with van der Waals surface area (Å²) in [4.78, 5) is 29.0. The van der Waals surface area contributed by atoms with Gasteiger partial charge in [0.15, 0.2) is 0 Å². The van der Waals surface area contributed by atoms with E-state index in [4.69, 9.17) is 0 Å². The van der Waals surface area contributed by atoms with Gasteiger partial charge in [-0.15, -0.1) is 0 Å². The molecule has 0 N–H and O–H groups in total. The fourth-order valence-electron chi connectivity index (χ4n) is 2.98. The van der Waals surface area contributed by atoms with Crippen molar-refractivity contribution in [2.24, 2.45) is 0 Å². The molecular formula is C19H16F3N3O3. The van der Waals surface area contributed by atoms with Gasteiger partial charge in [0.05, 0.1) is 35.0 Å². The Kier molecular flexibility index (Phi) is 4.93. The van der Waals surface area contributed by atoms with Crippen molar-refractivity contribution in [3.63, 3.8) is 0 Å². The molecule has 0 amide bonds. The van der Waals surface area contributed by atoms with Gasteiger partial charge in [-0.3, -0.25) is 9.78 Å². The Labute approximate surface area is 157 Å². The highest BCUT2D eigenvalue weighted by Gasteiger charge is 2.37. The lowest BCUT2D eigenvalue weighted by Crippen LogP contribution is -2.21. The second kappa shape index (κ2) is 7.06. The maximum Gasteiger partial charge on any atom is 0.417 e. The first-order chi connectivity index (χ1) is 13.2. The smallest absolute Gasteiger partial charge is 0.417 e. The Balaban J connectivity index is 2.27. The number of alkyl halides is 3. The summed E-state index contributed by atoms with van der Waals surface area (Å²) < 4.78 is 45.9. The maximum atomic E-state index is 13.5. The third-order valence-electron chi connectivity index (χ3n) is 4.33. The summed E-state index contributed by atoms with van der Waals surface area (Å²) >= 11 is 0. The van der Waals surface area contributed by atoms with E-state index in [0.29, 0.717) is 17.6 Å². The molecule has 1 aromatic carbocycles. The molecule has 28 heavy (non-hydrogen) atoms. The molecule has 9 heteroatoms. The second-order valence-corrected chi connectivity index (χ2v) is 6.10.